The summed E-state index contributed by atoms with van der Waals surface area (Å²) in [6, 6.07) is 0.408. The highest BCUT2D eigenvalue weighted by molar-refractivity contribution is 5.38. The first-order valence-corrected chi connectivity index (χ1v) is 6.56. The van der Waals surface area contributed by atoms with Crippen LogP contribution in [0.1, 0.15) is 63.5 Å². The second kappa shape index (κ2) is 3.58. The molecule has 0 aromatic carbocycles. The topological polar surface area (TPSA) is 43.8 Å². The molecule has 3 heteroatoms. The molecule has 1 aromatic rings. The molecule has 0 spiro atoms. The van der Waals surface area contributed by atoms with Gasteiger partial charge in [0.25, 0.3) is 0 Å². The largest absolute Gasteiger partial charge is 0.324 e. The Bertz CT molecular complexity index is 437. The third-order valence-corrected chi connectivity index (χ3v) is 4.47. The van der Waals surface area contributed by atoms with E-state index in [2.05, 4.69) is 51.3 Å². The molecule has 0 atom stereocenters. The van der Waals surface area contributed by atoms with Gasteiger partial charge in [-0.25, -0.2) is 0 Å². The summed E-state index contributed by atoms with van der Waals surface area (Å²) in [6.45, 7) is 13.2. The van der Waals surface area contributed by atoms with Gasteiger partial charge in [0.2, 0.25) is 0 Å². The fourth-order valence-corrected chi connectivity index (χ4v) is 3.08. The lowest BCUT2D eigenvalue weighted by molar-refractivity contribution is 0.386. The summed E-state index contributed by atoms with van der Waals surface area (Å²) < 4.78 is 2.12. The molecule has 0 saturated heterocycles. The molecule has 17 heavy (non-hydrogen) atoms. The quantitative estimate of drug-likeness (QED) is 0.875. The molecule has 1 aromatic heterocycles. The summed E-state index contributed by atoms with van der Waals surface area (Å²) in [5, 5.41) is 4.68. The third-order valence-electron chi connectivity index (χ3n) is 4.47. The molecule has 1 saturated carbocycles. The van der Waals surface area contributed by atoms with Crippen LogP contribution in [0.5, 0.6) is 0 Å². The minimum atomic E-state index is -0.0205. The first-order valence-electron chi connectivity index (χ1n) is 6.56. The zero-order chi connectivity index (χ0) is 13.0. The molecular weight excluding hydrogens is 210 g/mol. The summed E-state index contributed by atoms with van der Waals surface area (Å²) in [4.78, 5) is 0. The highest BCUT2D eigenvalue weighted by atomic mass is 15.3. The lowest BCUT2D eigenvalue weighted by atomic mass is 9.75. The van der Waals surface area contributed by atoms with E-state index in [-0.39, 0.29) is 11.0 Å². The van der Waals surface area contributed by atoms with Gasteiger partial charge < -0.3 is 5.73 Å². The van der Waals surface area contributed by atoms with Crippen molar-refractivity contribution < 1.29 is 0 Å². The molecule has 0 aliphatic heterocycles. The van der Waals surface area contributed by atoms with Crippen molar-refractivity contribution in [2.24, 2.45) is 5.73 Å². The average Bonchev–Trinajstić information content (AvgIpc) is 2.86. The van der Waals surface area contributed by atoms with Gasteiger partial charge in [0, 0.05) is 28.3 Å². The van der Waals surface area contributed by atoms with E-state index >= 15 is 0 Å². The predicted molar refractivity (Wildman–Crippen MR) is 71.3 cm³/mol. The van der Waals surface area contributed by atoms with Crippen LogP contribution in [-0.2, 0) is 5.41 Å². The molecule has 0 radical (unpaired) electrons. The first-order chi connectivity index (χ1) is 7.71. The molecule has 0 bridgehead atoms. The Morgan fingerprint density at radius 1 is 1.29 bits per heavy atom. The van der Waals surface area contributed by atoms with Crippen LogP contribution in [0.3, 0.4) is 0 Å². The third kappa shape index (κ3) is 1.71. The fraction of sp³-hybridized carbons (Fsp3) is 0.786. The molecule has 2 N–H and O–H groups in total. The van der Waals surface area contributed by atoms with Crippen LogP contribution in [0.15, 0.2) is 0 Å². The SMILES string of the molecule is Cc1nn(C(C)C)c(C)c1C(C)(C)C1(N)CC1. The molecule has 3 nitrogen and oxygen atoms in total. The molecule has 0 amide bonds. The maximum Gasteiger partial charge on any atom is 0.0634 e. The smallest absolute Gasteiger partial charge is 0.0634 e. The average molecular weight is 235 g/mol. The Labute approximate surface area is 104 Å². The molecule has 1 aliphatic carbocycles. The molecular formula is C14H25N3. The van der Waals surface area contributed by atoms with E-state index in [1.807, 2.05) is 0 Å². The van der Waals surface area contributed by atoms with E-state index in [0.717, 1.165) is 18.5 Å². The molecule has 1 heterocycles. The van der Waals surface area contributed by atoms with E-state index in [1.54, 1.807) is 0 Å². The minimum Gasteiger partial charge on any atom is -0.324 e. The Hall–Kier alpha value is -0.830. The zero-order valence-electron chi connectivity index (χ0n) is 12.0. The van der Waals surface area contributed by atoms with Crippen molar-refractivity contribution >= 4 is 0 Å². The number of nitrogens with two attached hydrogens (primary N) is 1. The van der Waals surface area contributed by atoms with Crippen molar-refractivity contribution in [2.45, 2.75) is 71.4 Å². The number of hydrogen-bond donors (Lipinski definition) is 1. The number of aromatic nitrogens is 2. The van der Waals surface area contributed by atoms with Crippen LogP contribution >= 0.6 is 0 Å². The molecule has 1 fully saturated rings. The summed E-state index contributed by atoms with van der Waals surface area (Å²) in [5.74, 6) is 0. The minimum absolute atomic E-state index is 0.0205. The number of rotatable bonds is 3. The van der Waals surface area contributed by atoms with Crippen molar-refractivity contribution in [3.05, 3.63) is 17.0 Å². The van der Waals surface area contributed by atoms with Crippen LogP contribution < -0.4 is 5.73 Å². The lowest BCUT2D eigenvalue weighted by Gasteiger charge is -2.33. The van der Waals surface area contributed by atoms with Crippen LogP contribution in [-0.4, -0.2) is 15.3 Å². The highest BCUT2D eigenvalue weighted by Crippen LogP contribution is 2.50. The number of hydrogen-bond acceptors (Lipinski definition) is 2. The maximum atomic E-state index is 6.44. The van der Waals surface area contributed by atoms with Crippen molar-refractivity contribution in [3.63, 3.8) is 0 Å². The van der Waals surface area contributed by atoms with Gasteiger partial charge in [-0.3, -0.25) is 4.68 Å². The summed E-state index contributed by atoms with van der Waals surface area (Å²) in [6.07, 6.45) is 2.26. The van der Waals surface area contributed by atoms with Gasteiger partial charge in [-0.2, -0.15) is 5.10 Å². The molecule has 96 valence electrons. The van der Waals surface area contributed by atoms with Gasteiger partial charge in [-0.05, 0) is 40.5 Å². The second-order valence-corrected chi connectivity index (χ2v) is 6.37. The standard InChI is InChI=1S/C14H25N3/c1-9(2)17-11(4)12(10(3)16-17)13(5,6)14(15)7-8-14/h9H,7-8,15H2,1-6H3. The van der Waals surface area contributed by atoms with Gasteiger partial charge in [-0.1, -0.05) is 13.8 Å². The van der Waals surface area contributed by atoms with Crippen LogP contribution in [0.25, 0.3) is 0 Å². The van der Waals surface area contributed by atoms with Crippen LogP contribution in [0.4, 0.5) is 0 Å². The maximum absolute atomic E-state index is 6.44. The van der Waals surface area contributed by atoms with E-state index in [4.69, 9.17) is 5.73 Å². The van der Waals surface area contributed by atoms with Crippen molar-refractivity contribution in [1.29, 1.82) is 0 Å². The lowest BCUT2D eigenvalue weighted by Crippen LogP contribution is -2.44. The van der Waals surface area contributed by atoms with E-state index in [0.29, 0.717) is 6.04 Å². The monoisotopic (exact) mass is 235 g/mol. The summed E-state index contributed by atoms with van der Waals surface area (Å²) >= 11 is 0. The van der Waals surface area contributed by atoms with Gasteiger partial charge in [0.15, 0.2) is 0 Å². The van der Waals surface area contributed by atoms with Gasteiger partial charge in [0.1, 0.15) is 0 Å². The summed E-state index contributed by atoms with van der Waals surface area (Å²) in [7, 11) is 0. The van der Waals surface area contributed by atoms with Gasteiger partial charge >= 0.3 is 0 Å². The molecule has 1 aliphatic rings. The van der Waals surface area contributed by atoms with Crippen LogP contribution in [0.2, 0.25) is 0 Å². The Morgan fingerprint density at radius 2 is 1.82 bits per heavy atom. The van der Waals surface area contributed by atoms with E-state index in [1.165, 1.54) is 11.3 Å². The molecule has 0 unspecified atom stereocenters. The normalized spacial score (nSPS) is 18.8. The van der Waals surface area contributed by atoms with Gasteiger partial charge in [0.05, 0.1) is 5.69 Å². The Kier molecular flexibility index (Phi) is 2.66. The van der Waals surface area contributed by atoms with Crippen LogP contribution in [0, 0.1) is 13.8 Å². The van der Waals surface area contributed by atoms with Crippen molar-refractivity contribution in [1.82, 2.24) is 9.78 Å². The molecule has 2 rings (SSSR count). The Morgan fingerprint density at radius 3 is 2.18 bits per heavy atom. The van der Waals surface area contributed by atoms with E-state index < -0.39 is 0 Å². The van der Waals surface area contributed by atoms with Crippen molar-refractivity contribution in [3.8, 4) is 0 Å². The number of aryl methyl sites for hydroxylation is 1. The zero-order valence-corrected chi connectivity index (χ0v) is 12.0. The fourth-order valence-electron chi connectivity index (χ4n) is 3.08. The predicted octanol–water partition coefficient (Wildman–Crippen LogP) is 2.85. The van der Waals surface area contributed by atoms with Gasteiger partial charge in [-0.15, -0.1) is 0 Å². The first kappa shape index (κ1) is 12.6. The number of nitrogens with zero attached hydrogens (tertiary/aromatic N) is 2. The second-order valence-electron chi connectivity index (χ2n) is 6.37. The Balaban J connectivity index is 2.52. The highest BCUT2D eigenvalue weighted by Gasteiger charge is 2.53. The van der Waals surface area contributed by atoms with E-state index in [9.17, 15) is 0 Å². The van der Waals surface area contributed by atoms with Crippen molar-refractivity contribution in [2.75, 3.05) is 0 Å². The summed E-state index contributed by atoms with van der Waals surface area (Å²) in [5.41, 5.74) is 10.2.